The molecule has 0 bridgehead atoms. The van der Waals surface area contributed by atoms with Crippen LogP contribution in [0.2, 0.25) is 0 Å². The quantitative estimate of drug-likeness (QED) is 0.346. The molecule has 0 unspecified atom stereocenters. The second-order valence-electron chi connectivity index (χ2n) is 7.51. The van der Waals surface area contributed by atoms with Crippen molar-refractivity contribution < 1.29 is 13.9 Å². The van der Waals surface area contributed by atoms with Crippen LogP contribution in [0.5, 0.6) is 5.75 Å². The molecule has 3 aromatic rings. The van der Waals surface area contributed by atoms with Crippen LogP contribution in [0.15, 0.2) is 76.3 Å². The van der Waals surface area contributed by atoms with Gasteiger partial charge in [-0.15, -0.1) is 0 Å². The second kappa shape index (κ2) is 10.4. The molecule has 1 amide bonds. The number of halogens is 2. The Labute approximate surface area is 195 Å². The van der Waals surface area contributed by atoms with Gasteiger partial charge in [0.2, 0.25) is 0 Å². The van der Waals surface area contributed by atoms with Gasteiger partial charge in [-0.2, -0.15) is 5.10 Å². The summed E-state index contributed by atoms with van der Waals surface area (Å²) < 4.78 is 20.1. The molecule has 0 radical (unpaired) electrons. The first kappa shape index (κ1) is 22.0. The minimum absolute atomic E-state index is 0.130. The van der Waals surface area contributed by atoms with Gasteiger partial charge in [-0.05, 0) is 82.9 Å². The third kappa shape index (κ3) is 5.53. The van der Waals surface area contributed by atoms with Gasteiger partial charge in [-0.1, -0.05) is 18.2 Å². The SMILES string of the molecule is O=C(N/N=C\c1ccc(OCc2ccccc2F)c(Br)c1)c1ccc(N2CCCC2)cc1. The molecule has 0 aromatic heterocycles. The molecule has 0 aliphatic carbocycles. The fraction of sp³-hybridized carbons (Fsp3) is 0.200. The number of amides is 1. The molecule has 1 aliphatic heterocycles. The first-order chi connectivity index (χ1) is 15.6. The molecule has 1 N–H and O–H groups in total. The van der Waals surface area contributed by atoms with Gasteiger partial charge in [0, 0.05) is 29.9 Å². The number of carbonyl (C=O) groups is 1. The van der Waals surface area contributed by atoms with Crippen molar-refractivity contribution in [2.45, 2.75) is 19.4 Å². The summed E-state index contributed by atoms with van der Waals surface area (Å²) in [6.07, 6.45) is 3.99. The topological polar surface area (TPSA) is 53.9 Å². The van der Waals surface area contributed by atoms with Crippen LogP contribution < -0.4 is 15.1 Å². The van der Waals surface area contributed by atoms with E-state index in [4.69, 9.17) is 4.74 Å². The maximum Gasteiger partial charge on any atom is 0.271 e. The average Bonchev–Trinajstić information content (AvgIpc) is 3.35. The lowest BCUT2D eigenvalue weighted by molar-refractivity contribution is 0.0955. The summed E-state index contributed by atoms with van der Waals surface area (Å²) in [5.41, 5.74) is 5.52. The van der Waals surface area contributed by atoms with Crippen LogP contribution in [0.4, 0.5) is 10.1 Å². The Morgan fingerprint density at radius 2 is 1.84 bits per heavy atom. The largest absolute Gasteiger partial charge is 0.488 e. The zero-order chi connectivity index (χ0) is 22.3. The van der Waals surface area contributed by atoms with Crippen molar-refractivity contribution in [2.24, 2.45) is 5.10 Å². The van der Waals surface area contributed by atoms with Gasteiger partial charge >= 0.3 is 0 Å². The summed E-state index contributed by atoms with van der Waals surface area (Å²) in [5.74, 6) is 0.0273. The van der Waals surface area contributed by atoms with Gasteiger partial charge in [-0.3, -0.25) is 4.79 Å². The van der Waals surface area contributed by atoms with Gasteiger partial charge < -0.3 is 9.64 Å². The molecular formula is C25H23BrFN3O2. The number of rotatable bonds is 7. The first-order valence-electron chi connectivity index (χ1n) is 10.4. The number of hydrogen-bond donors (Lipinski definition) is 1. The van der Waals surface area contributed by atoms with Gasteiger partial charge in [0.05, 0.1) is 10.7 Å². The van der Waals surface area contributed by atoms with Crippen LogP contribution in [-0.4, -0.2) is 25.2 Å². The van der Waals surface area contributed by atoms with Crippen LogP contribution >= 0.6 is 15.9 Å². The molecule has 1 saturated heterocycles. The summed E-state index contributed by atoms with van der Waals surface area (Å²) in [7, 11) is 0. The summed E-state index contributed by atoms with van der Waals surface area (Å²) >= 11 is 3.46. The number of hydrogen-bond acceptors (Lipinski definition) is 4. The number of carbonyl (C=O) groups excluding carboxylic acids is 1. The van der Waals surface area contributed by atoms with Gasteiger partial charge in [0.15, 0.2) is 0 Å². The predicted molar refractivity (Wildman–Crippen MR) is 128 cm³/mol. The molecule has 1 fully saturated rings. The molecule has 1 heterocycles. The van der Waals surface area contributed by atoms with E-state index in [9.17, 15) is 9.18 Å². The molecule has 5 nitrogen and oxygen atoms in total. The minimum Gasteiger partial charge on any atom is -0.488 e. The Bertz CT molecular complexity index is 1110. The molecule has 4 rings (SSSR count). The van der Waals surface area contributed by atoms with Crippen molar-refractivity contribution in [3.05, 3.63) is 93.7 Å². The lowest BCUT2D eigenvalue weighted by Crippen LogP contribution is -2.19. The predicted octanol–water partition coefficient (Wildman–Crippen LogP) is 5.53. The zero-order valence-electron chi connectivity index (χ0n) is 17.4. The van der Waals surface area contributed by atoms with Crippen molar-refractivity contribution in [3.63, 3.8) is 0 Å². The van der Waals surface area contributed by atoms with Crippen LogP contribution in [-0.2, 0) is 6.61 Å². The second-order valence-corrected chi connectivity index (χ2v) is 8.36. The number of hydrazone groups is 1. The van der Waals surface area contributed by atoms with Gasteiger partial charge in [0.25, 0.3) is 5.91 Å². The molecule has 0 atom stereocenters. The van der Waals surface area contributed by atoms with Crippen LogP contribution in [0.25, 0.3) is 0 Å². The van der Waals surface area contributed by atoms with Crippen LogP contribution in [0, 0.1) is 5.82 Å². The third-order valence-electron chi connectivity index (χ3n) is 5.28. The van der Waals surface area contributed by atoms with E-state index in [2.05, 4.69) is 31.4 Å². The van der Waals surface area contributed by atoms with Crippen LogP contribution in [0.3, 0.4) is 0 Å². The Kier molecular flexibility index (Phi) is 7.17. The van der Waals surface area contributed by atoms with E-state index in [1.165, 1.54) is 18.9 Å². The molecule has 0 saturated carbocycles. The van der Waals surface area contributed by atoms with E-state index in [1.807, 2.05) is 36.4 Å². The van der Waals surface area contributed by atoms with Crippen LogP contribution in [0.1, 0.15) is 34.3 Å². The number of anilines is 1. The van der Waals surface area contributed by atoms with E-state index in [0.717, 1.165) is 24.3 Å². The summed E-state index contributed by atoms with van der Waals surface area (Å²) in [4.78, 5) is 14.7. The molecular weight excluding hydrogens is 473 g/mol. The zero-order valence-corrected chi connectivity index (χ0v) is 19.0. The molecule has 1 aliphatic rings. The smallest absolute Gasteiger partial charge is 0.271 e. The maximum atomic E-state index is 13.7. The lowest BCUT2D eigenvalue weighted by atomic mass is 10.2. The van der Waals surface area contributed by atoms with E-state index < -0.39 is 0 Å². The van der Waals surface area contributed by atoms with Crippen molar-refractivity contribution in [3.8, 4) is 5.75 Å². The normalized spacial score (nSPS) is 13.5. The van der Waals surface area contributed by atoms with Crippen molar-refractivity contribution in [1.29, 1.82) is 0 Å². The Balaban J connectivity index is 1.31. The van der Waals surface area contributed by atoms with E-state index in [1.54, 1.807) is 30.5 Å². The Morgan fingerprint density at radius 1 is 1.09 bits per heavy atom. The summed E-state index contributed by atoms with van der Waals surface area (Å²) in [5, 5.41) is 4.05. The average molecular weight is 496 g/mol. The number of benzene rings is 3. The number of ether oxygens (including phenoxy) is 1. The highest BCUT2D eigenvalue weighted by Crippen LogP contribution is 2.26. The van der Waals surface area contributed by atoms with Gasteiger partial charge in [-0.25, -0.2) is 9.82 Å². The highest BCUT2D eigenvalue weighted by Gasteiger charge is 2.13. The molecule has 32 heavy (non-hydrogen) atoms. The highest BCUT2D eigenvalue weighted by molar-refractivity contribution is 9.10. The first-order valence-corrected chi connectivity index (χ1v) is 11.2. The van der Waals surface area contributed by atoms with E-state index in [0.29, 0.717) is 21.3 Å². The van der Waals surface area contributed by atoms with Crippen molar-refractivity contribution in [2.75, 3.05) is 18.0 Å². The maximum absolute atomic E-state index is 13.7. The monoisotopic (exact) mass is 495 g/mol. The van der Waals surface area contributed by atoms with E-state index in [-0.39, 0.29) is 18.3 Å². The van der Waals surface area contributed by atoms with Crippen molar-refractivity contribution >= 4 is 33.7 Å². The fourth-order valence-electron chi connectivity index (χ4n) is 3.51. The fourth-order valence-corrected chi connectivity index (χ4v) is 4.03. The van der Waals surface area contributed by atoms with E-state index >= 15 is 0 Å². The van der Waals surface area contributed by atoms with Crippen molar-refractivity contribution in [1.82, 2.24) is 5.43 Å². The Morgan fingerprint density at radius 3 is 2.56 bits per heavy atom. The number of nitrogens with one attached hydrogen (secondary N) is 1. The molecule has 0 spiro atoms. The Hall–Kier alpha value is -3.19. The standard InChI is InChI=1S/C25H23BrFN3O2/c26-22-15-18(7-12-24(22)32-17-20-5-1-2-6-23(20)27)16-28-29-25(31)19-8-10-21(11-9-19)30-13-3-4-14-30/h1-2,5-12,15-16H,3-4,13-14,17H2,(H,29,31)/b28-16-. The highest BCUT2D eigenvalue weighted by atomic mass is 79.9. The third-order valence-corrected chi connectivity index (χ3v) is 5.90. The summed E-state index contributed by atoms with van der Waals surface area (Å²) in [6.45, 7) is 2.27. The molecule has 3 aromatic carbocycles. The minimum atomic E-state index is -0.297. The number of nitrogens with zero attached hydrogens (tertiary/aromatic N) is 2. The van der Waals surface area contributed by atoms with Gasteiger partial charge in [0.1, 0.15) is 18.2 Å². The molecule has 7 heteroatoms. The summed E-state index contributed by atoms with van der Waals surface area (Å²) in [6, 6.07) is 19.5. The molecule has 164 valence electrons. The lowest BCUT2D eigenvalue weighted by Gasteiger charge is -2.17.